The largest absolute Gasteiger partial charge is 0.147 e. The Hall–Kier alpha value is -0.119. The third kappa shape index (κ3) is 5.45. The minimum Gasteiger partial charge on any atom is -0.147 e. The molecule has 1 atom stereocenters. The quantitative estimate of drug-likeness (QED) is 0.553. The van der Waals surface area contributed by atoms with E-state index in [0.29, 0.717) is 5.92 Å². The average Bonchev–Trinajstić information content (AvgIpc) is 2.68. The maximum Gasteiger partial charge on any atom is -0.147 e. The van der Waals surface area contributed by atoms with Gasteiger partial charge >= 0.3 is 158 Å². The van der Waals surface area contributed by atoms with Gasteiger partial charge in [0.2, 0.25) is 0 Å². The molecule has 0 spiro atoms. The molecule has 0 aliphatic heterocycles. The summed E-state index contributed by atoms with van der Waals surface area (Å²) in [5.74, 6) is 1.61. The second-order valence-electron chi connectivity index (χ2n) is 8.28. The molecule has 0 heterocycles. The van der Waals surface area contributed by atoms with Crippen LogP contribution in [0, 0.1) is 5.92 Å². The molecule has 26 heavy (non-hydrogen) atoms. The van der Waals surface area contributed by atoms with E-state index in [1.807, 2.05) is 0 Å². The van der Waals surface area contributed by atoms with Gasteiger partial charge in [0.25, 0.3) is 0 Å². The van der Waals surface area contributed by atoms with Crippen molar-refractivity contribution >= 4 is 38.9 Å². The summed E-state index contributed by atoms with van der Waals surface area (Å²) < 4.78 is 9.85. The first-order valence-corrected chi connectivity index (χ1v) is 12.1. The molecule has 1 unspecified atom stereocenters. The van der Waals surface area contributed by atoms with E-state index in [1.165, 1.54) is 14.9 Å². The van der Waals surface area contributed by atoms with E-state index >= 15 is 0 Å². The van der Waals surface area contributed by atoms with Crippen LogP contribution in [0.5, 0.6) is 5.75 Å². The van der Waals surface area contributed by atoms with Crippen LogP contribution in [-0.2, 0) is 23.2 Å². The molecule has 1 nitrogen and oxygen atoms in total. The van der Waals surface area contributed by atoms with E-state index in [4.69, 9.17) is 3.32 Å². The fourth-order valence-electron chi connectivity index (χ4n) is 3.30. The SMILES string of the molecule is CC1=C(C)C(C)[C]([Ti]([O]c2cccc(C(C)(C)C)c2)=[C](C)C)=C1[SiH3].Cl.Cl. The molecule has 146 valence electrons. The third-order valence-corrected chi connectivity index (χ3v) is 11.5. The van der Waals surface area contributed by atoms with Crippen molar-refractivity contribution in [3.05, 3.63) is 50.0 Å². The van der Waals surface area contributed by atoms with Crippen molar-refractivity contribution in [2.75, 3.05) is 0 Å². The molecule has 0 bridgehead atoms. The van der Waals surface area contributed by atoms with Crippen LogP contribution in [0.1, 0.15) is 61.0 Å². The van der Waals surface area contributed by atoms with Crippen molar-refractivity contribution < 1.29 is 21.1 Å². The van der Waals surface area contributed by atoms with Crippen LogP contribution in [-0.4, -0.2) is 14.1 Å². The molecule has 1 aromatic rings. The maximum absolute atomic E-state index is 6.70. The van der Waals surface area contributed by atoms with Crippen molar-refractivity contribution in [2.24, 2.45) is 5.92 Å². The van der Waals surface area contributed by atoms with Crippen molar-refractivity contribution in [3.63, 3.8) is 0 Å². The summed E-state index contributed by atoms with van der Waals surface area (Å²) in [7, 11) is 1.12. The zero-order valence-corrected chi connectivity index (χ0v) is 22.8. The first-order chi connectivity index (χ1) is 11.0. The Kier molecular flexibility index (Phi) is 9.84. The summed E-state index contributed by atoms with van der Waals surface area (Å²) in [6, 6.07) is 8.72. The van der Waals surface area contributed by atoms with Crippen molar-refractivity contribution in [1.29, 1.82) is 0 Å². The van der Waals surface area contributed by atoms with E-state index < -0.39 is 17.8 Å². The summed E-state index contributed by atoms with van der Waals surface area (Å²) in [5.41, 5.74) is 4.58. The van der Waals surface area contributed by atoms with E-state index in [9.17, 15) is 0 Å². The van der Waals surface area contributed by atoms with Crippen molar-refractivity contribution in [3.8, 4) is 5.75 Å². The maximum atomic E-state index is 6.70. The van der Waals surface area contributed by atoms with E-state index in [0.717, 1.165) is 16.0 Å². The number of hydrogen-bond acceptors (Lipinski definition) is 1. The molecule has 0 radical (unpaired) electrons. The monoisotopic (exact) mass is 448 g/mol. The Bertz CT molecular complexity index is 754. The first-order valence-electron chi connectivity index (χ1n) is 8.88. The summed E-state index contributed by atoms with van der Waals surface area (Å²) >= 11 is -1.89. The van der Waals surface area contributed by atoms with E-state index in [2.05, 4.69) is 79.7 Å². The number of allylic oxidation sites excluding steroid dienone is 4. The smallest absolute Gasteiger partial charge is 0.147 e. The summed E-state index contributed by atoms with van der Waals surface area (Å²) in [5, 5.41) is 1.61. The second kappa shape index (κ2) is 9.89. The van der Waals surface area contributed by atoms with Gasteiger partial charge in [-0.3, -0.25) is 0 Å². The average molecular weight is 449 g/mol. The van der Waals surface area contributed by atoms with Gasteiger partial charge in [-0.2, -0.15) is 0 Å². The van der Waals surface area contributed by atoms with Crippen LogP contribution < -0.4 is 3.32 Å². The molecular formula is C21H34Cl2OSiTi. The minimum atomic E-state index is -1.89. The van der Waals surface area contributed by atoms with Gasteiger partial charge in [-0.05, 0) is 0 Å². The predicted molar refractivity (Wildman–Crippen MR) is 121 cm³/mol. The molecule has 1 aliphatic rings. The molecule has 0 fully saturated rings. The van der Waals surface area contributed by atoms with Crippen LogP contribution in [0.25, 0.3) is 0 Å². The minimum absolute atomic E-state index is 0. The van der Waals surface area contributed by atoms with Gasteiger partial charge in [0.15, 0.2) is 0 Å². The predicted octanol–water partition coefficient (Wildman–Crippen LogP) is 5.52. The number of halogens is 2. The Morgan fingerprint density at radius 2 is 1.69 bits per heavy atom. The molecule has 2 rings (SSSR count). The fourth-order valence-corrected chi connectivity index (χ4v) is 8.74. The van der Waals surface area contributed by atoms with Crippen LogP contribution in [0.3, 0.4) is 0 Å². The zero-order chi connectivity index (χ0) is 18.2. The zero-order valence-electron chi connectivity index (χ0n) is 17.6. The molecule has 5 heteroatoms. The molecule has 0 saturated heterocycles. The summed E-state index contributed by atoms with van der Waals surface area (Å²) in [6.07, 6.45) is 0. The van der Waals surface area contributed by atoms with Gasteiger partial charge in [0.1, 0.15) is 0 Å². The molecule has 0 saturated carbocycles. The molecule has 0 amide bonds. The topological polar surface area (TPSA) is 9.23 Å². The van der Waals surface area contributed by atoms with E-state index in [1.54, 1.807) is 14.6 Å². The first kappa shape index (κ1) is 25.9. The number of rotatable bonds is 3. The Morgan fingerprint density at radius 3 is 2.12 bits per heavy atom. The Morgan fingerprint density at radius 1 is 1.12 bits per heavy atom. The Balaban J connectivity index is 0.00000312. The van der Waals surface area contributed by atoms with E-state index in [-0.39, 0.29) is 30.2 Å². The molecular weight excluding hydrogens is 415 g/mol. The van der Waals surface area contributed by atoms with Crippen LogP contribution in [0.4, 0.5) is 0 Å². The van der Waals surface area contributed by atoms with Gasteiger partial charge < -0.3 is 0 Å². The van der Waals surface area contributed by atoms with Crippen LogP contribution >= 0.6 is 24.8 Å². The van der Waals surface area contributed by atoms with Crippen molar-refractivity contribution in [2.45, 2.75) is 60.8 Å². The second-order valence-corrected chi connectivity index (χ2v) is 13.0. The molecule has 0 N–H and O–H groups in total. The fraction of sp³-hybridized carbons (Fsp3) is 0.476. The van der Waals surface area contributed by atoms with Crippen molar-refractivity contribution in [1.82, 2.24) is 0 Å². The normalized spacial score (nSPS) is 17.0. The van der Waals surface area contributed by atoms with Gasteiger partial charge in [-0.15, -0.1) is 24.8 Å². The van der Waals surface area contributed by atoms with Crippen LogP contribution in [0.15, 0.2) is 44.5 Å². The van der Waals surface area contributed by atoms with Gasteiger partial charge in [0, 0.05) is 0 Å². The standard InChI is InChI=1S/C10H14O.C8H13Si.C3H6.2ClH.Ti/c1-10(2,3)8-5-4-6-9(11)7-8;1-5-4-8(9)7(3)6(5)2;1-3-2;;;/h4-7,11H,1-3H3;5H,1-3,9H3;1-2H3;2*1H;/q;;;;;+1/p-1. The molecule has 0 aromatic heterocycles. The third-order valence-electron chi connectivity index (χ3n) is 5.26. The van der Waals surface area contributed by atoms with Gasteiger partial charge in [-0.1, -0.05) is 0 Å². The summed E-state index contributed by atoms with van der Waals surface area (Å²) in [6.45, 7) is 18.3. The molecule has 1 aromatic carbocycles. The van der Waals surface area contributed by atoms with Gasteiger partial charge in [-0.25, -0.2) is 0 Å². The number of hydrogen-bond donors (Lipinski definition) is 0. The van der Waals surface area contributed by atoms with Crippen LogP contribution in [0.2, 0.25) is 0 Å². The van der Waals surface area contributed by atoms with Gasteiger partial charge in [0.05, 0.1) is 0 Å². The molecule has 1 aliphatic carbocycles. The summed E-state index contributed by atoms with van der Waals surface area (Å²) in [4.78, 5) is 0. The Labute approximate surface area is 181 Å². The number of benzene rings is 1.